The number of hydrogen-bond acceptors (Lipinski definition) is 3. The third-order valence-electron chi connectivity index (χ3n) is 2.43. The van der Waals surface area contributed by atoms with Gasteiger partial charge in [-0.05, 0) is 33.6 Å². The molecule has 1 atom stereocenters. The van der Waals surface area contributed by atoms with Crippen LogP contribution in [0.5, 0.6) is 0 Å². The number of carbonyl (C=O) groups is 1. The minimum absolute atomic E-state index is 0.0849. The fraction of sp³-hybridized carbons (Fsp3) is 0.909. The Morgan fingerprint density at radius 2 is 2.13 bits per heavy atom. The number of carbonyl (C=O) groups excluding carboxylic acids is 1. The van der Waals surface area contributed by atoms with Gasteiger partial charge in [-0.3, -0.25) is 10.1 Å². The Bertz CT molecular complexity index is 225. The van der Waals surface area contributed by atoms with Crippen LogP contribution in [0.15, 0.2) is 0 Å². The quantitative estimate of drug-likeness (QED) is 0.683. The highest BCUT2D eigenvalue weighted by Crippen LogP contribution is 2.18. The second-order valence-corrected chi connectivity index (χ2v) is 4.97. The first-order valence-electron chi connectivity index (χ1n) is 5.51. The maximum Gasteiger partial charge on any atom is 0.237 e. The molecule has 0 saturated heterocycles. The number of amides is 1. The Hall–Kier alpha value is -0.610. The third kappa shape index (κ3) is 4.62. The molecule has 0 radical (unpaired) electrons. The monoisotopic (exact) mass is 214 g/mol. The molecule has 0 aromatic heterocycles. The molecular weight excluding hydrogens is 192 g/mol. The smallest absolute Gasteiger partial charge is 0.237 e. The van der Waals surface area contributed by atoms with Crippen molar-refractivity contribution in [3.05, 3.63) is 0 Å². The van der Waals surface area contributed by atoms with E-state index in [0.29, 0.717) is 12.6 Å². The number of methoxy groups -OCH3 is 1. The summed E-state index contributed by atoms with van der Waals surface area (Å²) in [5.74, 6) is 0.0849. The van der Waals surface area contributed by atoms with Crippen molar-refractivity contribution in [2.75, 3.05) is 13.7 Å². The number of hydrogen-bond donors (Lipinski definition) is 2. The van der Waals surface area contributed by atoms with Crippen molar-refractivity contribution in [2.24, 2.45) is 0 Å². The lowest BCUT2D eigenvalue weighted by atomic mass is 10.1. The van der Waals surface area contributed by atoms with Crippen molar-refractivity contribution in [2.45, 2.75) is 51.2 Å². The third-order valence-corrected chi connectivity index (χ3v) is 2.43. The molecule has 0 heterocycles. The topological polar surface area (TPSA) is 50.4 Å². The summed E-state index contributed by atoms with van der Waals surface area (Å²) < 4.78 is 5.09. The summed E-state index contributed by atoms with van der Waals surface area (Å²) in [5, 5.41) is 6.23. The molecule has 0 aromatic carbocycles. The highest BCUT2D eigenvalue weighted by molar-refractivity contribution is 5.81. The van der Waals surface area contributed by atoms with Crippen molar-refractivity contribution >= 4 is 5.91 Å². The van der Waals surface area contributed by atoms with Crippen LogP contribution in [0, 0.1) is 0 Å². The van der Waals surface area contributed by atoms with Crippen LogP contribution in [0.2, 0.25) is 0 Å². The van der Waals surface area contributed by atoms with Crippen molar-refractivity contribution < 1.29 is 9.53 Å². The Labute approximate surface area is 91.8 Å². The van der Waals surface area contributed by atoms with Gasteiger partial charge in [0.2, 0.25) is 5.91 Å². The molecule has 88 valence electrons. The summed E-state index contributed by atoms with van der Waals surface area (Å²) in [6, 6.07) is 0.253. The first-order chi connectivity index (χ1) is 6.94. The van der Waals surface area contributed by atoms with E-state index in [1.165, 1.54) is 0 Å². The van der Waals surface area contributed by atoms with E-state index in [1.54, 1.807) is 7.11 Å². The van der Waals surface area contributed by atoms with Gasteiger partial charge in [0.15, 0.2) is 0 Å². The van der Waals surface area contributed by atoms with Gasteiger partial charge in [-0.1, -0.05) is 0 Å². The zero-order valence-electron chi connectivity index (χ0n) is 10.1. The Balaban J connectivity index is 2.31. The molecule has 1 amide bonds. The molecule has 1 rings (SSSR count). The predicted molar refractivity (Wildman–Crippen MR) is 59.7 cm³/mol. The Kier molecular flexibility index (Phi) is 4.11. The average molecular weight is 214 g/mol. The fourth-order valence-electron chi connectivity index (χ4n) is 1.61. The van der Waals surface area contributed by atoms with Crippen LogP contribution in [0.25, 0.3) is 0 Å². The van der Waals surface area contributed by atoms with Gasteiger partial charge in [0.25, 0.3) is 0 Å². The van der Waals surface area contributed by atoms with Gasteiger partial charge in [-0.15, -0.1) is 0 Å². The molecule has 1 aliphatic carbocycles. The minimum Gasteiger partial charge on any atom is -0.383 e. The SMILES string of the molecule is COCC(C)(C)NC(C)C(=O)NC1CC1. The van der Waals surface area contributed by atoms with E-state index < -0.39 is 0 Å². The fourth-order valence-corrected chi connectivity index (χ4v) is 1.61. The van der Waals surface area contributed by atoms with Gasteiger partial charge in [0.05, 0.1) is 12.6 Å². The maximum absolute atomic E-state index is 11.7. The number of ether oxygens (including phenoxy) is 1. The van der Waals surface area contributed by atoms with Crippen LogP contribution >= 0.6 is 0 Å². The largest absolute Gasteiger partial charge is 0.383 e. The van der Waals surface area contributed by atoms with E-state index in [1.807, 2.05) is 20.8 Å². The van der Waals surface area contributed by atoms with Gasteiger partial charge in [0, 0.05) is 18.7 Å². The molecule has 1 fully saturated rings. The number of nitrogens with one attached hydrogen (secondary N) is 2. The first-order valence-corrected chi connectivity index (χ1v) is 5.51. The molecule has 4 heteroatoms. The van der Waals surface area contributed by atoms with Crippen LogP contribution in [0.3, 0.4) is 0 Å². The lowest BCUT2D eigenvalue weighted by molar-refractivity contribution is -0.123. The van der Waals surface area contributed by atoms with Crippen molar-refractivity contribution in [1.29, 1.82) is 0 Å². The first kappa shape index (κ1) is 12.5. The van der Waals surface area contributed by atoms with E-state index in [0.717, 1.165) is 12.8 Å². The summed E-state index contributed by atoms with van der Waals surface area (Å²) >= 11 is 0. The molecule has 0 spiro atoms. The molecule has 0 aromatic rings. The van der Waals surface area contributed by atoms with E-state index in [2.05, 4.69) is 10.6 Å². The average Bonchev–Trinajstić information content (AvgIpc) is 2.86. The summed E-state index contributed by atoms with van der Waals surface area (Å²) in [4.78, 5) is 11.7. The van der Waals surface area contributed by atoms with Gasteiger partial charge in [-0.2, -0.15) is 0 Å². The molecule has 0 aliphatic heterocycles. The molecule has 1 unspecified atom stereocenters. The van der Waals surface area contributed by atoms with Gasteiger partial charge in [0.1, 0.15) is 0 Å². The highest BCUT2D eigenvalue weighted by Gasteiger charge is 2.28. The predicted octanol–water partition coefficient (Wildman–Crippen LogP) is 0.668. The van der Waals surface area contributed by atoms with E-state index in [9.17, 15) is 4.79 Å². The van der Waals surface area contributed by atoms with Crippen LogP contribution < -0.4 is 10.6 Å². The molecule has 0 bridgehead atoms. The second-order valence-electron chi connectivity index (χ2n) is 4.97. The van der Waals surface area contributed by atoms with E-state index in [-0.39, 0.29) is 17.5 Å². The highest BCUT2D eigenvalue weighted by atomic mass is 16.5. The molecule has 15 heavy (non-hydrogen) atoms. The van der Waals surface area contributed by atoms with Crippen LogP contribution in [0.4, 0.5) is 0 Å². The Morgan fingerprint density at radius 3 is 2.60 bits per heavy atom. The number of rotatable bonds is 6. The van der Waals surface area contributed by atoms with E-state index >= 15 is 0 Å². The van der Waals surface area contributed by atoms with Crippen LogP contribution in [0.1, 0.15) is 33.6 Å². The van der Waals surface area contributed by atoms with E-state index in [4.69, 9.17) is 4.74 Å². The van der Waals surface area contributed by atoms with Crippen molar-refractivity contribution in [1.82, 2.24) is 10.6 Å². The minimum atomic E-state index is -0.172. The molecule has 1 aliphatic rings. The second kappa shape index (κ2) is 4.94. The van der Waals surface area contributed by atoms with Gasteiger partial charge < -0.3 is 10.1 Å². The Morgan fingerprint density at radius 1 is 1.53 bits per heavy atom. The lowest BCUT2D eigenvalue weighted by Gasteiger charge is -2.28. The van der Waals surface area contributed by atoms with Crippen molar-refractivity contribution in [3.8, 4) is 0 Å². The molecule has 4 nitrogen and oxygen atoms in total. The van der Waals surface area contributed by atoms with Crippen LogP contribution in [-0.4, -0.2) is 37.2 Å². The molecular formula is C11H22N2O2. The molecule has 2 N–H and O–H groups in total. The molecule has 1 saturated carbocycles. The zero-order chi connectivity index (χ0) is 11.5. The maximum atomic E-state index is 11.7. The lowest BCUT2D eigenvalue weighted by Crippen LogP contribution is -2.53. The van der Waals surface area contributed by atoms with Gasteiger partial charge in [-0.25, -0.2) is 0 Å². The summed E-state index contributed by atoms with van der Waals surface area (Å²) in [6.45, 7) is 6.53. The van der Waals surface area contributed by atoms with Gasteiger partial charge >= 0.3 is 0 Å². The zero-order valence-corrected chi connectivity index (χ0v) is 10.1. The van der Waals surface area contributed by atoms with Crippen LogP contribution in [-0.2, 0) is 9.53 Å². The summed E-state index contributed by atoms with van der Waals surface area (Å²) in [7, 11) is 1.67. The standard InChI is InChI=1S/C11H22N2O2/c1-8(10(14)12-9-5-6-9)13-11(2,3)7-15-4/h8-9,13H,5-7H2,1-4H3,(H,12,14). The summed E-state index contributed by atoms with van der Waals surface area (Å²) in [5.41, 5.74) is -0.172. The normalized spacial score (nSPS) is 18.7. The van der Waals surface area contributed by atoms with Crippen molar-refractivity contribution in [3.63, 3.8) is 0 Å². The summed E-state index contributed by atoms with van der Waals surface area (Å²) in [6.07, 6.45) is 2.25.